The van der Waals surface area contributed by atoms with E-state index in [1.165, 1.54) is 0 Å². The van der Waals surface area contributed by atoms with Crippen LogP contribution in [0.15, 0.2) is 0 Å². The first kappa shape index (κ1) is 16.2. The summed E-state index contributed by atoms with van der Waals surface area (Å²) in [4.78, 5) is 26.8. The Morgan fingerprint density at radius 1 is 1.14 bits per heavy atom. The fourth-order valence-electron chi connectivity index (χ4n) is 0. The molecular formula is CaLiO3PS. The summed E-state index contributed by atoms with van der Waals surface area (Å²) in [6.07, 6.45) is 0. The van der Waals surface area contributed by atoms with E-state index >= 15 is 0 Å². The van der Waals surface area contributed by atoms with Crippen LogP contribution < -0.4 is 33.5 Å². The molecular weight excluding hydrogens is 158 g/mol. The third kappa shape index (κ3) is 60.0. The zero-order valence-corrected chi connectivity index (χ0v) is 7.71. The second kappa shape index (κ2) is 6.51. The number of hydrogen-bond donors (Lipinski definition) is 0. The van der Waals surface area contributed by atoms with Gasteiger partial charge in [0.25, 0.3) is 0 Å². The van der Waals surface area contributed by atoms with Crippen molar-refractivity contribution >= 4 is 56.3 Å². The molecule has 0 aromatic heterocycles. The molecule has 0 amide bonds. The first-order chi connectivity index (χ1) is 2.00. The van der Waals surface area contributed by atoms with Gasteiger partial charge in [-0.1, -0.05) is 0 Å². The average Bonchev–Trinajstić information content (AvgIpc) is 0.722. The maximum Gasteiger partial charge on any atom is 2.00 e. The van der Waals surface area contributed by atoms with Gasteiger partial charge in [-0.25, -0.2) is 0 Å². The molecule has 32 valence electrons. The Kier molecular flexibility index (Phi) is 15.0. The zero-order valence-electron chi connectivity index (χ0n) is 3.79. The van der Waals surface area contributed by atoms with E-state index in [1.807, 2.05) is 0 Å². The summed E-state index contributed by atoms with van der Waals surface area (Å²) in [5.74, 6) is 0. The summed E-state index contributed by atoms with van der Waals surface area (Å²) < 4.78 is 0. The molecule has 0 saturated heterocycles. The van der Waals surface area contributed by atoms with Crippen molar-refractivity contribution in [2.75, 3.05) is 0 Å². The fraction of sp³-hybridized carbons (Fsp3) is 0. The summed E-state index contributed by atoms with van der Waals surface area (Å²) >= 11 is 3.27. The van der Waals surface area contributed by atoms with Gasteiger partial charge in [0.1, 0.15) is 0 Å². The minimum atomic E-state index is -4.56. The molecule has 0 atom stereocenters. The van der Waals surface area contributed by atoms with E-state index in [0.717, 1.165) is 0 Å². The van der Waals surface area contributed by atoms with Crippen LogP contribution in [-0.2, 0) is 11.8 Å². The molecule has 3 nitrogen and oxygen atoms in total. The molecule has 0 aliphatic heterocycles. The standard InChI is InChI=1S/Ca.Li.H3O3PS/c;;1-4(2,3)5/h;;(H3,1,2,3,5)/q+2;+1;/p-3. The Morgan fingerprint density at radius 3 is 1.14 bits per heavy atom. The normalized spacial score (nSPS) is 8.43. The molecule has 0 fully saturated rings. The minimum absolute atomic E-state index is 0. The van der Waals surface area contributed by atoms with Crippen molar-refractivity contribution in [3.05, 3.63) is 0 Å². The Bertz CT molecular complexity index is 61.1. The van der Waals surface area contributed by atoms with E-state index in [2.05, 4.69) is 11.8 Å². The molecule has 7 heavy (non-hydrogen) atoms. The smallest absolute Gasteiger partial charge is 0.844 e. The van der Waals surface area contributed by atoms with Crippen LogP contribution in [0, 0.1) is 0 Å². The van der Waals surface area contributed by atoms with E-state index in [9.17, 15) is 0 Å². The molecule has 0 aromatic rings. The van der Waals surface area contributed by atoms with Gasteiger partial charge >= 0.3 is 56.6 Å². The molecule has 0 aliphatic carbocycles. The average molecular weight is 158 g/mol. The number of rotatable bonds is 0. The van der Waals surface area contributed by atoms with E-state index in [-0.39, 0.29) is 56.6 Å². The van der Waals surface area contributed by atoms with Crippen LogP contribution in [0.4, 0.5) is 0 Å². The molecule has 7 heteroatoms. The van der Waals surface area contributed by atoms with Crippen LogP contribution in [0.1, 0.15) is 0 Å². The summed E-state index contributed by atoms with van der Waals surface area (Å²) in [5, 5.41) is 0. The summed E-state index contributed by atoms with van der Waals surface area (Å²) in [7, 11) is 0. The molecule has 0 heterocycles. The third-order valence-electron chi connectivity index (χ3n) is 0. The Labute approximate surface area is 88.6 Å². The SMILES string of the molecule is [Ca+2].[Li+].[O-]P([O-])([O-])=S. The van der Waals surface area contributed by atoms with Crippen LogP contribution in [0.25, 0.3) is 0 Å². The van der Waals surface area contributed by atoms with Gasteiger partial charge in [-0.2, -0.15) is 11.8 Å². The summed E-state index contributed by atoms with van der Waals surface area (Å²) in [5.41, 5.74) is 0. The van der Waals surface area contributed by atoms with Crippen molar-refractivity contribution in [3.63, 3.8) is 0 Å². The second-order valence-electron chi connectivity index (χ2n) is 0.447. The van der Waals surface area contributed by atoms with Gasteiger partial charge in [0.15, 0.2) is 0 Å². The van der Waals surface area contributed by atoms with E-state index in [1.54, 1.807) is 0 Å². The quantitative estimate of drug-likeness (QED) is 0.260. The second-order valence-corrected chi connectivity index (χ2v) is 2.68. The predicted octanol–water partition coefficient (Wildman–Crippen LogP) is -6.08. The predicted molar refractivity (Wildman–Crippen MR) is 20.0 cm³/mol. The molecule has 0 spiro atoms. The van der Waals surface area contributed by atoms with Gasteiger partial charge < -0.3 is 21.4 Å². The Morgan fingerprint density at radius 2 is 1.14 bits per heavy atom. The van der Waals surface area contributed by atoms with Gasteiger partial charge in [0.05, 0.1) is 0 Å². The van der Waals surface area contributed by atoms with Crippen molar-refractivity contribution < 1.29 is 33.5 Å². The molecule has 0 N–H and O–H groups in total. The van der Waals surface area contributed by atoms with Crippen molar-refractivity contribution in [1.29, 1.82) is 0 Å². The van der Waals surface area contributed by atoms with Crippen molar-refractivity contribution in [2.45, 2.75) is 0 Å². The Hall–Kier alpha value is 2.39. The van der Waals surface area contributed by atoms with Crippen LogP contribution in [-0.4, -0.2) is 37.7 Å². The van der Waals surface area contributed by atoms with Gasteiger partial charge in [-0.3, -0.25) is 0 Å². The molecule has 0 rings (SSSR count). The number of hydrogen-bond acceptors (Lipinski definition) is 4. The molecule has 0 aliphatic rings. The minimum Gasteiger partial charge on any atom is -0.844 e. The summed E-state index contributed by atoms with van der Waals surface area (Å²) in [6, 6.07) is 0. The first-order valence-electron chi connectivity index (χ1n) is 0.730. The largest absolute Gasteiger partial charge is 2.00 e. The zero-order chi connectivity index (χ0) is 4.50. The summed E-state index contributed by atoms with van der Waals surface area (Å²) in [6.45, 7) is -4.56. The van der Waals surface area contributed by atoms with Gasteiger partial charge in [-0.15, -0.1) is 0 Å². The van der Waals surface area contributed by atoms with Gasteiger partial charge in [-0.05, 0) is 0 Å². The van der Waals surface area contributed by atoms with E-state index < -0.39 is 6.72 Å². The van der Waals surface area contributed by atoms with Crippen LogP contribution in [0.5, 0.6) is 0 Å². The molecule has 0 aromatic carbocycles. The van der Waals surface area contributed by atoms with Crippen molar-refractivity contribution in [2.24, 2.45) is 0 Å². The van der Waals surface area contributed by atoms with Crippen molar-refractivity contribution in [3.8, 4) is 0 Å². The van der Waals surface area contributed by atoms with Crippen LogP contribution >= 0.6 is 6.72 Å². The van der Waals surface area contributed by atoms with Crippen molar-refractivity contribution in [1.82, 2.24) is 0 Å². The maximum atomic E-state index is 8.92. The third-order valence-corrected chi connectivity index (χ3v) is 0. The first-order valence-corrected chi connectivity index (χ1v) is 3.29. The monoisotopic (exact) mass is 158 g/mol. The maximum absolute atomic E-state index is 8.92. The van der Waals surface area contributed by atoms with Crippen LogP contribution in [0.2, 0.25) is 0 Å². The van der Waals surface area contributed by atoms with Gasteiger partial charge in [0.2, 0.25) is 0 Å². The fourth-order valence-corrected chi connectivity index (χ4v) is 0. The Balaban J connectivity index is -0.0000000800. The van der Waals surface area contributed by atoms with E-state index in [0.29, 0.717) is 0 Å². The van der Waals surface area contributed by atoms with Crippen LogP contribution in [0.3, 0.4) is 0 Å². The topological polar surface area (TPSA) is 69.2 Å². The molecule has 0 radical (unpaired) electrons. The molecule has 0 unspecified atom stereocenters. The molecule has 0 saturated carbocycles. The van der Waals surface area contributed by atoms with E-state index in [4.69, 9.17) is 14.7 Å². The molecule has 0 bridgehead atoms. The van der Waals surface area contributed by atoms with Gasteiger partial charge in [0, 0.05) is 0 Å².